The van der Waals surface area contributed by atoms with E-state index in [1.807, 2.05) is 0 Å². The minimum Gasteiger partial charge on any atom is -0.452 e. The Kier molecular flexibility index (Phi) is 7.23. The zero-order valence-corrected chi connectivity index (χ0v) is 15.6. The standard InChI is InChI=1S/C20H17ClF3NO3/c1-13(15-5-3-7-17(21)11-15)25-18(26)12-28-19(27)9-8-14-4-2-6-16(10-14)20(22,23)24/h2-11,13H,12H2,1H3,(H,25,26)/b9-8+/t13-/m0/s1. The third-order valence-corrected chi connectivity index (χ3v) is 3.93. The summed E-state index contributed by atoms with van der Waals surface area (Å²) < 4.78 is 42.8. The molecule has 2 aromatic carbocycles. The van der Waals surface area contributed by atoms with Crippen LogP contribution in [0.5, 0.6) is 0 Å². The van der Waals surface area contributed by atoms with E-state index in [0.29, 0.717) is 5.02 Å². The van der Waals surface area contributed by atoms with E-state index >= 15 is 0 Å². The van der Waals surface area contributed by atoms with E-state index in [1.54, 1.807) is 31.2 Å². The highest BCUT2D eigenvalue weighted by atomic mass is 35.5. The molecule has 0 aliphatic carbocycles. The van der Waals surface area contributed by atoms with Crippen LogP contribution in [0, 0.1) is 0 Å². The Hall–Kier alpha value is -2.80. The summed E-state index contributed by atoms with van der Waals surface area (Å²) in [5, 5.41) is 3.18. The molecule has 2 rings (SSSR count). The van der Waals surface area contributed by atoms with Crippen LogP contribution >= 0.6 is 11.6 Å². The summed E-state index contributed by atoms with van der Waals surface area (Å²) in [5.41, 5.74) is 0.153. The monoisotopic (exact) mass is 411 g/mol. The first kappa shape index (κ1) is 21.5. The third-order valence-electron chi connectivity index (χ3n) is 3.70. The fourth-order valence-electron chi connectivity index (χ4n) is 2.31. The largest absolute Gasteiger partial charge is 0.452 e. The molecular weight excluding hydrogens is 395 g/mol. The number of esters is 1. The maximum atomic E-state index is 12.7. The van der Waals surface area contributed by atoms with Crippen molar-refractivity contribution < 1.29 is 27.5 Å². The lowest BCUT2D eigenvalue weighted by molar-refractivity contribution is -0.144. The van der Waals surface area contributed by atoms with Crippen molar-refractivity contribution in [2.45, 2.75) is 19.1 Å². The van der Waals surface area contributed by atoms with Crippen LogP contribution in [0.3, 0.4) is 0 Å². The van der Waals surface area contributed by atoms with Gasteiger partial charge in [0.15, 0.2) is 6.61 Å². The van der Waals surface area contributed by atoms with Crippen LogP contribution in [0.1, 0.15) is 29.7 Å². The maximum absolute atomic E-state index is 12.7. The molecule has 2 aromatic rings. The Morgan fingerprint density at radius 3 is 2.57 bits per heavy atom. The lowest BCUT2D eigenvalue weighted by Crippen LogP contribution is -2.30. The van der Waals surface area contributed by atoms with Crippen molar-refractivity contribution in [1.82, 2.24) is 5.32 Å². The van der Waals surface area contributed by atoms with Crippen molar-refractivity contribution in [1.29, 1.82) is 0 Å². The molecule has 0 bridgehead atoms. The van der Waals surface area contributed by atoms with Gasteiger partial charge in [0.1, 0.15) is 0 Å². The smallest absolute Gasteiger partial charge is 0.416 e. The molecule has 148 valence electrons. The van der Waals surface area contributed by atoms with Gasteiger partial charge in [0.25, 0.3) is 5.91 Å². The fourth-order valence-corrected chi connectivity index (χ4v) is 2.51. The Bertz CT molecular complexity index is 881. The van der Waals surface area contributed by atoms with Crippen molar-refractivity contribution in [3.8, 4) is 0 Å². The second kappa shape index (κ2) is 9.41. The van der Waals surface area contributed by atoms with Crippen LogP contribution in [0.4, 0.5) is 13.2 Å². The number of benzene rings is 2. The number of rotatable bonds is 6. The van der Waals surface area contributed by atoms with E-state index in [2.05, 4.69) is 5.32 Å². The van der Waals surface area contributed by atoms with Crippen LogP contribution in [0.15, 0.2) is 54.6 Å². The number of nitrogens with one attached hydrogen (secondary N) is 1. The summed E-state index contributed by atoms with van der Waals surface area (Å²) >= 11 is 5.90. The molecule has 1 N–H and O–H groups in total. The average molecular weight is 412 g/mol. The predicted octanol–water partition coefficient (Wildman–Crippen LogP) is 4.79. The lowest BCUT2D eigenvalue weighted by Gasteiger charge is -2.14. The zero-order chi connectivity index (χ0) is 20.7. The van der Waals surface area contributed by atoms with Crippen LogP contribution < -0.4 is 5.32 Å². The highest BCUT2D eigenvalue weighted by molar-refractivity contribution is 6.30. The minimum atomic E-state index is -4.47. The van der Waals surface area contributed by atoms with Gasteiger partial charge in [-0.05, 0) is 48.4 Å². The topological polar surface area (TPSA) is 55.4 Å². The molecule has 0 aliphatic rings. The summed E-state index contributed by atoms with van der Waals surface area (Å²) in [6.45, 7) is 1.23. The second-order valence-electron chi connectivity index (χ2n) is 5.91. The highest BCUT2D eigenvalue weighted by Crippen LogP contribution is 2.29. The number of hydrogen-bond acceptors (Lipinski definition) is 3. The van der Waals surface area contributed by atoms with Crippen molar-refractivity contribution >= 4 is 29.6 Å². The maximum Gasteiger partial charge on any atom is 0.416 e. The van der Waals surface area contributed by atoms with Crippen molar-refractivity contribution in [2.75, 3.05) is 6.61 Å². The van der Waals surface area contributed by atoms with E-state index in [-0.39, 0.29) is 11.6 Å². The molecule has 0 saturated heterocycles. The molecule has 0 aliphatic heterocycles. The minimum absolute atomic E-state index is 0.186. The molecule has 0 radical (unpaired) electrons. The molecule has 0 unspecified atom stereocenters. The van der Waals surface area contributed by atoms with Crippen LogP contribution in [0.25, 0.3) is 6.08 Å². The lowest BCUT2D eigenvalue weighted by atomic mass is 10.1. The number of halogens is 4. The fraction of sp³-hybridized carbons (Fsp3) is 0.200. The van der Waals surface area contributed by atoms with Gasteiger partial charge in [-0.15, -0.1) is 0 Å². The quantitative estimate of drug-likeness (QED) is 0.549. The molecule has 0 aromatic heterocycles. The molecule has 0 fully saturated rings. The Balaban J connectivity index is 1.85. The molecule has 0 spiro atoms. The molecule has 4 nitrogen and oxygen atoms in total. The summed E-state index contributed by atoms with van der Waals surface area (Å²) in [4.78, 5) is 23.5. The van der Waals surface area contributed by atoms with Gasteiger partial charge in [-0.2, -0.15) is 13.2 Å². The predicted molar refractivity (Wildman–Crippen MR) is 99.4 cm³/mol. The van der Waals surface area contributed by atoms with Crippen molar-refractivity contribution in [2.24, 2.45) is 0 Å². The molecule has 0 saturated carbocycles. The van der Waals surface area contributed by atoms with Crippen LogP contribution in [-0.2, 0) is 20.5 Å². The number of amides is 1. The van der Waals surface area contributed by atoms with Gasteiger partial charge in [-0.1, -0.05) is 35.9 Å². The van der Waals surface area contributed by atoms with Gasteiger partial charge in [-0.3, -0.25) is 4.79 Å². The van der Waals surface area contributed by atoms with Crippen LogP contribution in [-0.4, -0.2) is 18.5 Å². The number of hydrogen-bond donors (Lipinski definition) is 1. The normalized spacial score (nSPS) is 12.6. The van der Waals surface area contributed by atoms with Crippen molar-refractivity contribution in [3.05, 3.63) is 76.3 Å². The van der Waals surface area contributed by atoms with Gasteiger partial charge in [-0.25, -0.2) is 4.79 Å². The van der Waals surface area contributed by atoms with E-state index in [0.717, 1.165) is 23.8 Å². The van der Waals surface area contributed by atoms with Gasteiger partial charge in [0.2, 0.25) is 0 Å². The van der Waals surface area contributed by atoms with Gasteiger partial charge >= 0.3 is 12.1 Å². The Labute approximate surface area is 165 Å². The average Bonchev–Trinajstić information content (AvgIpc) is 2.64. The second-order valence-corrected chi connectivity index (χ2v) is 6.34. The van der Waals surface area contributed by atoms with E-state index in [4.69, 9.17) is 16.3 Å². The highest BCUT2D eigenvalue weighted by Gasteiger charge is 2.30. The SMILES string of the molecule is C[C@H](NC(=O)COC(=O)/C=C/c1cccc(C(F)(F)F)c1)c1cccc(Cl)c1. The van der Waals surface area contributed by atoms with Gasteiger partial charge < -0.3 is 10.1 Å². The summed E-state index contributed by atoms with van der Waals surface area (Å²) in [7, 11) is 0. The summed E-state index contributed by atoms with van der Waals surface area (Å²) in [5.74, 6) is -1.36. The molecule has 1 atom stereocenters. The van der Waals surface area contributed by atoms with E-state index in [9.17, 15) is 22.8 Å². The first-order valence-electron chi connectivity index (χ1n) is 8.22. The van der Waals surface area contributed by atoms with E-state index in [1.165, 1.54) is 18.2 Å². The third kappa shape index (κ3) is 6.74. The number of alkyl halides is 3. The van der Waals surface area contributed by atoms with Gasteiger partial charge in [0.05, 0.1) is 11.6 Å². The first-order valence-corrected chi connectivity index (χ1v) is 8.60. The van der Waals surface area contributed by atoms with E-state index < -0.39 is 30.2 Å². The molecule has 0 heterocycles. The Morgan fingerprint density at radius 1 is 1.18 bits per heavy atom. The molecule has 28 heavy (non-hydrogen) atoms. The molecular formula is C20H17ClF3NO3. The molecule has 8 heteroatoms. The zero-order valence-electron chi connectivity index (χ0n) is 14.8. The first-order chi connectivity index (χ1) is 13.1. The number of ether oxygens (including phenoxy) is 1. The summed E-state index contributed by atoms with van der Waals surface area (Å²) in [6, 6.07) is 11.1. The Morgan fingerprint density at radius 2 is 1.89 bits per heavy atom. The van der Waals surface area contributed by atoms with Crippen LogP contribution in [0.2, 0.25) is 5.02 Å². The molecule has 1 amide bonds. The van der Waals surface area contributed by atoms with Crippen molar-refractivity contribution in [3.63, 3.8) is 0 Å². The number of carbonyl (C=O) groups is 2. The summed E-state index contributed by atoms with van der Waals surface area (Å²) in [6.07, 6.45) is -2.32. The van der Waals surface area contributed by atoms with Gasteiger partial charge in [0, 0.05) is 11.1 Å². The number of carbonyl (C=O) groups excluding carboxylic acids is 2.